The Morgan fingerprint density at radius 1 is 1.16 bits per heavy atom. The summed E-state index contributed by atoms with van der Waals surface area (Å²) in [4.78, 5) is 24.3. The van der Waals surface area contributed by atoms with Gasteiger partial charge in [0.15, 0.2) is 5.11 Å². The normalized spacial score (nSPS) is 11.4. The van der Waals surface area contributed by atoms with Crippen LogP contribution >= 0.6 is 35.4 Å². The third-order valence-electron chi connectivity index (χ3n) is 4.33. The number of anilines is 1. The van der Waals surface area contributed by atoms with Gasteiger partial charge in [-0.25, -0.2) is 0 Å². The van der Waals surface area contributed by atoms with Crippen molar-refractivity contribution in [2.24, 2.45) is 0 Å². The van der Waals surface area contributed by atoms with E-state index >= 15 is 0 Å². The highest BCUT2D eigenvalue weighted by molar-refractivity contribution is 7.80. The molecule has 0 saturated carbocycles. The summed E-state index contributed by atoms with van der Waals surface area (Å²) in [6.45, 7) is 4.27. The van der Waals surface area contributed by atoms with Gasteiger partial charge in [-0.3, -0.25) is 9.59 Å². The molecule has 9 heteroatoms. The lowest BCUT2D eigenvalue weighted by Gasteiger charge is -2.13. The zero-order valence-corrected chi connectivity index (χ0v) is 19.7. The maximum absolute atomic E-state index is 12.2. The third-order valence-corrected chi connectivity index (χ3v) is 5.06. The highest BCUT2D eigenvalue weighted by Crippen LogP contribution is 2.27. The molecule has 1 unspecified atom stereocenters. The number of thiocarbonyl (C=S) groups is 1. The zero-order valence-electron chi connectivity index (χ0n) is 17.3. The average Bonchev–Trinajstić information content (AvgIpc) is 2.72. The SMILES string of the molecule is CCC(C)NC(=O)c1cccc(NC(=S)NC(=O)CCCOc2ccc(Cl)cc2Cl)c1. The van der Waals surface area contributed by atoms with Gasteiger partial charge >= 0.3 is 0 Å². The smallest absolute Gasteiger partial charge is 0.251 e. The van der Waals surface area contributed by atoms with Crippen molar-refractivity contribution in [2.45, 2.75) is 39.2 Å². The van der Waals surface area contributed by atoms with Crippen LogP contribution in [0.25, 0.3) is 0 Å². The summed E-state index contributed by atoms with van der Waals surface area (Å²) in [7, 11) is 0. The van der Waals surface area contributed by atoms with E-state index in [-0.39, 0.29) is 29.4 Å². The average molecular weight is 482 g/mol. The molecule has 0 aliphatic carbocycles. The summed E-state index contributed by atoms with van der Waals surface area (Å²) in [5, 5.41) is 9.55. The van der Waals surface area contributed by atoms with Crippen LogP contribution in [0.2, 0.25) is 10.0 Å². The number of hydrogen-bond acceptors (Lipinski definition) is 4. The molecule has 0 saturated heterocycles. The van der Waals surface area contributed by atoms with Crippen LogP contribution in [0.1, 0.15) is 43.5 Å². The Balaban J connectivity index is 1.76. The molecule has 0 aromatic heterocycles. The van der Waals surface area contributed by atoms with Crippen molar-refractivity contribution in [3.05, 3.63) is 58.1 Å². The predicted molar refractivity (Wildman–Crippen MR) is 129 cm³/mol. The summed E-state index contributed by atoms with van der Waals surface area (Å²) in [6.07, 6.45) is 1.56. The molecule has 0 fully saturated rings. The van der Waals surface area contributed by atoms with Gasteiger partial charge in [-0.05, 0) is 68.4 Å². The Labute approximate surface area is 197 Å². The van der Waals surface area contributed by atoms with Crippen LogP contribution in [-0.4, -0.2) is 29.6 Å². The Morgan fingerprint density at radius 3 is 2.65 bits per heavy atom. The minimum absolute atomic E-state index is 0.0872. The number of halogens is 2. The topological polar surface area (TPSA) is 79.5 Å². The van der Waals surface area contributed by atoms with Crippen LogP contribution in [-0.2, 0) is 4.79 Å². The van der Waals surface area contributed by atoms with Crippen LogP contribution < -0.4 is 20.7 Å². The Hall–Kier alpha value is -2.35. The fourth-order valence-corrected chi connectivity index (χ4v) is 3.20. The van der Waals surface area contributed by atoms with Crippen molar-refractivity contribution in [3.8, 4) is 5.75 Å². The molecule has 31 heavy (non-hydrogen) atoms. The summed E-state index contributed by atoms with van der Waals surface area (Å²) in [6, 6.07) is 12.0. The van der Waals surface area contributed by atoms with Crippen molar-refractivity contribution < 1.29 is 14.3 Å². The molecule has 2 amide bonds. The van der Waals surface area contributed by atoms with E-state index in [0.29, 0.717) is 40.1 Å². The molecular formula is C22H25Cl2N3O3S. The molecule has 0 heterocycles. The second-order valence-corrected chi connectivity index (χ2v) is 8.14. The van der Waals surface area contributed by atoms with Gasteiger partial charge in [-0.1, -0.05) is 36.2 Å². The second-order valence-electron chi connectivity index (χ2n) is 6.89. The number of nitrogens with one attached hydrogen (secondary N) is 3. The van der Waals surface area contributed by atoms with Crippen LogP contribution in [0.3, 0.4) is 0 Å². The molecule has 1 atom stereocenters. The van der Waals surface area contributed by atoms with Crippen molar-refractivity contribution in [1.29, 1.82) is 0 Å². The number of amides is 2. The van der Waals surface area contributed by atoms with Gasteiger partial charge in [0.1, 0.15) is 5.75 Å². The molecule has 6 nitrogen and oxygen atoms in total. The molecular weight excluding hydrogens is 457 g/mol. The number of rotatable bonds is 9. The second kappa shape index (κ2) is 12.5. The molecule has 166 valence electrons. The molecule has 0 aliphatic heterocycles. The van der Waals surface area contributed by atoms with E-state index in [9.17, 15) is 9.59 Å². The van der Waals surface area contributed by atoms with Crippen LogP contribution in [0.5, 0.6) is 5.75 Å². The van der Waals surface area contributed by atoms with E-state index in [1.807, 2.05) is 13.8 Å². The Morgan fingerprint density at radius 2 is 1.94 bits per heavy atom. The van der Waals surface area contributed by atoms with Gasteiger partial charge in [-0.15, -0.1) is 0 Å². The van der Waals surface area contributed by atoms with Crippen molar-refractivity contribution in [1.82, 2.24) is 10.6 Å². The van der Waals surface area contributed by atoms with Crippen molar-refractivity contribution >= 4 is 58.0 Å². The zero-order chi connectivity index (χ0) is 22.8. The number of carbonyl (C=O) groups is 2. The summed E-state index contributed by atoms with van der Waals surface area (Å²) in [5.41, 5.74) is 1.13. The summed E-state index contributed by atoms with van der Waals surface area (Å²) < 4.78 is 5.56. The summed E-state index contributed by atoms with van der Waals surface area (Å²) in [5.74, 6) is 0.114. The number of benzene rings is 2. The van der Waals surface area contributed by atoms with E-state index in [4.69, 9.17) is 40.2 Å². The maximum Gasteiger partial charge on any atom is 0.251 e. The highest BCUT2D eigenvalue weighted by atomic mass is 35.5. The fourth-order valence-electron chi connectivity index (χ4n) is 2.51. The molecule has 2 aromatic rings. The monoisotopic (exact) mass is 481 g/mol. The minimum atomic E-state index is -0.242. The third kappa shape index (κ3) is 8.73. The van der Waals surface area contributed by atoms with Crippen LogP contribution in [0.4, 0.5) is 5.69 Å². The lowest BCUT2D eigenvalue weighted by molar-refractivity contribution is -0.119. The summed E-state index contributed by atoms with van der Waals surface area (Å²) >= 11 is 17.1. The molecule has 0 spiro atoms. The molecule has 2 rings (SSSR count). The fraction of sp³-hybridized carbons (Fsp3) is 0.318. The standard InChI is InChI=1S/C22H25Cl2N3O3S/c1-3-14(2)25-21(29)15-6-4-7-17(12-15)26-22(31)27-20(28)8-5-11-30-19-10-9-16(23)13-18(19)24/h4,6-7,9-10,12-14H,3,5,8,11H2,1-2H3,(H,25,29)(H2,26,27,28,31). The minimum Gasteiger partial charge on any atom is -0.492 e. The molecule has 0 bridgehead atoms. The van der Waals surface area contributed by atoms with E-state index in [0.717, 1.165) is 6.42 Å². The van der Waals surface area contributed by atoms with Gasteiger partial charge in [-0.2, -0.15) is 0 Å². The number of ether oxygens (including phenoxy) is 1. The molecule has 0 radical (unpaired) electrons. The van der Waals surface area contributed by atoms with E-state index in [1.165, 1.54) is 0 Å². The number of hydrogen-bond donors (Lipinski definition) is 3. The van der Waals surface area contributed by atoms with E-state index in [2.05, 4.69) is 16.0 Å². The predicted octanol–water partition coefficient (Wildman–Crippen LogP) is 5.19. The van der Waals surface area contributed by atoms with Crippen LogP contribution in [0.15, 0.2) is 42.5 Å². The van der Waals surface area contributed by atoms with Crippen molar-refractivity contribution in [2.75, 3.05) is 11.9 Å². The molecule has 3 N–H and O–H groups in total. The van der Waals surface area contributed by atoms with Crippen molar-refractivity contribution in [3.63, 3.8) is 0 Å². The maximum atomic E-state index is 12.2. The van der Waals surface area contributed by atoms with Gasteiger partial charge in [0.2, 0.25) is 5.91 Å². The molecule has 2 aromatic carbocycles. The molecule has 0 aliphatic rings. The first-order chi connectivity index (χ1) is 14.8. The first-order valence-electron chi connectivity index (χ1n) is 9.88. The Bertz CT molecular complexity index is 940. The first kappa shape index (κ1) is 24.9. The highest BCUT2D eigenvalue weighted by Gasteiger charge is 2.10. The Kier molecular flexibility index (Phi) is 10.0. The van der Waals surface area contributed by atoms with E-state index in [1.54, 1.807) is 42.5 Å². The number of carbonyl (C=O) groups excluding carboxylic acids is 2. The van der Waals surface area contributed by atoms with Crippen LogP contribution in [0, 0.1) is 0 Å². The van der Waals surface area contributed by atoms with Gasteiger partial charge < -0.3 is 20.7 Å². The van der Waals surface area contributed by atoms with Gasteiger partial charge in [0.25, 0.3) is 5.91 Å². The quantitative estimate of drug-likeness (QED) is 0.339. The van der Waals surface area contributed by atoms with Gasteiger partial charge in [0.05, 0.1) is 11.6 Å². The van der Waals surface area contributed by atoms with Gasteiger partial charge in [0, 0.05) is 28.7 Å². The lowest BCUT2D eigenvalue weighted by atomic mass is 10.1. The first-order valence-corrected chi connectivity index (χ1v) is 11.0. The van der Waals surface area contributed by atoms with E-state index < -0.39 is 0 Å². The lowest BCUT2D eigenvalue weighted by Crippen LogP contribution is -2.34. The largest absolute Gasteiger partial charge is 0.492 e.